The molecule has 3 rings (SSSR count). The van der Waals surface area contributed by atoms with Crippen molar-refractivity contribution in [1.82, 2.24) is 0 Å². The quantitative estimate of drug-likeness (QED) is 0.276. The molecule has 0 amide bonds. The van der Waals surface area contributed by atoms with Crippen LogP contribution < -0.4 is 0 Å². The first kappa shape index (κ1) is 23.5. The van der Waals surface area contributed by atoms with E-state index < -0.39 is 28.9 Å². The third-order valence-electron chi connectivity index (χ3n) is 7.49. The van der Waals surface area contributed by atoms with E-state index in [1.54, 1.807) is 26.2 Å². The molecule has 1 aliphatic heterocycles. The molecule has 0 N–H and O–H groups in total. The molecule has 0 unspecified atom stereocenters. The first-order valence-corrected chi connectivity index (χ1v) is 10.9. The number of esters is 2. The number of Topliss-reactive ketones (excluding diaryl/α,β-unsaturated/α-hetero) is 1. The number of carbonyl (C=O) groups excluding carboxylic acids is 3. The molecule has 0 radical (unpaired) electrons. The third kappa shape index (κ3) is 3.91. The average Bonchev–Trinajstić information content (AvgIpc) is 2.97. The van der Waals surface area contributed by atoms with Crippen molar-refractivity contribution >= 4 is 17.7 Å². The van der Waals surface area contributed by atoms with E-state index in [-0.39, 0.29) is 23.0 Å². The van der Waals surface area contributed by atoms with Crippen LogP contribution in [0.1, 0.15) is 60.8 Å². The van der Waals surface area contributed by atoms with Gasteiger partial charge in [-0.25, -0.2) is 4.79 Å². The minimum atomic E-state index is -1.40. The summed E-state index contributed by atoms with van der Waals surface area (Å²) < 4.78 is 16.4. The molecule has 6 nitrogen and oxygen atoms in total. The highest BCUT2D eigenvalue weighted by atomic mass is 16.5. The van der Waals surface area contributed by atoms with Gasteiger partial charge in [-0.3, -0.25) is 9.59 Å². The van der Waals surface area contributed by atoms with E-state index in [9.17, 15) is 14.4 Å². The highest BCUT2D eigenvalue weighted by molar-refractivity contribution is 6.10. The number of ketones is 1. The molecule has 0 aromatic heterocycles. The summed E-state index contributed by atoms with van der Waals surface area (Å²) >= 11 is 0. The number of cyclic esters (lactones) is 1. The Morgan fingerprint density at radius 1 is 1.29 bits per heavy atom. The van der Waals surface area contributed by atoms with Crippen molar-refractivity contribution in [3.63, 3.8) is 0 Å². The molecular weight excluding hydrogens is 396 g/mol. The average molecular weight is 431 g/mol. The molecule has 1 spiro atoms. The summed E-state index contributed by atoms with van der Waals surface area (Å²) in [7, 11) is 1.66. The number of rotatable bonds is 5. The fraction of sp³-hybridized carbons (Fsp3) is 0.640. The summed E-state index contributed by atoms with van der Waals surface area (Å²) in [5.74, 6) is -1.45. The van der Waals surface area contributed by atoms with Gasteiger partial charge in [-0.1, -0.05) is 12.5 Å². The second kappa shape index (κ2) is 8.05. The van der Waals surface area contributed by atoms with Gasteiger partial charge in [0, 0.05) is 25.0 Å². The van der Waals surface area contributed by atoms with E-state index in [1.807, 2.05) is 27.7 Å². The Morgan fingerprint density at radius 2 is 1.97 bits per heavy atom. The second-order valence-corrected chi connectivity index (χ2v) is 10.3. The maximum atomic E-state index is 13.9. The molecule has 170 valence electrons. The van der Waals surface area contributed by atoms with Gasteiger partial charge in [-0.2, -0.15) is 0 Å². The van der Waals surface area contributed by atoms with Crippen LogP contribution in [-0.2, 0) is 28.6 Å². The van der Waals surface area contributed by atoms with Crippen molar-refractivity contribution in [2.75, 3.05) is 7.11 Å². The zero-order valence-electron chi connectivity index (χ0n) is 19.6. The topological polar surface area (TPSA) is 78.9 Å². The Hall–Kier alpha value is -2.21. The summed E-state index contributed by atoms with van der Waals surface area (Å²) in [6.45, 7) is 11.4. The summed E-state index contributed by atoms with van der Waals surface area (Å²) in [4.78, 5) is 39.0. The number of allylic oxidation sites excluding steroid dienone is 3. The number of fused-ring (bicyclic) bond motifs is 2. The number of hydrogen-bond acceptors (Lipinski definition) is 6. The summed E-state index contributed by atoms with van der Waals surface area (Å²) in [5.41, 5.74) is -1.37. The first-order chi connectivity index (χ1) is 14.4. The molecule has 2 fully saturated rings. The summed E-state index contributed by atoms with van der Waals surface area (Å²) in [6.07, 6.45) is 8.42. The van der Waals surface area contributed by atoms with Crippen molar-refractivity contribution in [3.05, 3.63) is 35.8 Å². The van der Waals surface area contributed by atoms with E-state index >= 15 is 0 Å². The molecule has 6 heteroatoms. The Morgan fingerprint density at radius 3 is 2.52 bits per heavy atom. The van der Waals surface area contributed by atoms with Crippen LogP contribution in [0.25, 0.3) is 0 Å². The molecular formula is C25H34O6. The minimum Gasteiger partial charge on any atom is -0.432 e. The summed E-state index contributed by atoms with van der Waals surface area (Å²) in [6, 6.07) is 0. The lowest BCUT2D eigenvalue weighted by molar-refractivity contribution is -0.174. The van der Waals surface area contributed by atoms with E-state index in [0.29, 0.717) is 12.2 Å². The number of hydrogen-bond donors (Lipinski definition) is 0. The lowest BCUT2D eigenvalue weighted by atomic mass is 9.45. The van der Waals surface area contributed by atoms with Gasteiger partial charge in [0.15, 0.2) is 11.2 Å². The highest BCUT2D eigenvalue weighted by Gasteiger charge is 2.67. The van der Waals surface area contributed by atoms with Crippen LogP contribution in [-0.4, -0.2) is 30.4 Å². The molecule has 2 bridgehead atoms. The maximum absolute atomic E-state index is 13.9. The lowest BCUT2D eigenvalue weighted by Gasteiger charge is -2.57. The maximum Gasteiger partial charge on any atom is 0.335 e. The van der Waals surface area contributed by atoms with Crippen LogP contribution in [0.15, 0.2) is 35.8 Å². The predicted molar refractivity (Wildman–Crippen MR) is 115 cm³/mol. The fourth-order valence-corrected chi connectivity index (χ4v) is 5.85. The lowest BCUT2D eigenvalue weighted by Crippen LogP contribution is -2.61. The molecule has 31 heavy (non-hydrogen) atoms. The molecule has 0 saturated heterocycles. The van der Waals surface area contributed by atoms with Crippen molar-refractivity contribution in [2.24, 2.45) is 28.6 Å². The van der Waals surface area contributed by atoms with E-state index in [0.717, 1.165) is 18.4 Å². The van der Waals surface area contributed by atoms with Crippen molar-refractivity contribution in [2.45, 2.75) is 66.4 Å². The van der Waals surface area contributed by atoms with Crippen LogP contribution >= 0.6 is 0 Å². The number of ether oxygens (including phenoxy) is 3. The zero-order valence-corrected chi connectivity index (χ0v) is 19.6. The van der Waals surface area contributed by atoms with E-state index in [1.165, 1.54) is 12.3 Å². The predicted octanol–water partition coefficient (Wildman–Crippen LogP) is 4.50. The van der Waals surface area contributed by atoms with Crippen molar-refractivity contribution in [3.8, 4) is 0 Å². The fourth-order valence-electron chi connectivity index (χ4n) is 5.85. The van der Waals surface area contributed by atoms with Crippen LogP contribution in [0, 0.1) is 28.6 Å². The van der Waals surface area contributed by atoms with Crippen molar-refractivity contribution in [1.29, 1.82) is 0 Å². The number of methoxy groups -OCH3 is 1. The van der Waals surface area contributed by atoms with Gasteiger partial charge in [-0.15, -0.1) is 0 Å². The standard InChI is InChI=1S/C25H34O6/c1-15(2)12-20(26)30-11-9-19-24(6)10-8-18(23(4,5)29-7)17(14-24)21(27)25(19)13-16(3)31-22(25)28/h9,11-13,17-19H,8,10,14H2,1-7H3/b11-9+/t17-,18-,19+,24-,25+/m0/s1. The molecule has 2 aliphatic carbocycles. The monoisotopic (exact) mass is 430 g/mol. The van der Waals surface area contributed by atoms with Crippen LogP contribution in [0.4, 0.5) is 0 Å². The normalized spacial score (nSPS) is 35.2. The molecule has 3 aliphatic rings. The number of carbonyl (C=O) groups is 3. The highest BCUT2D eigenvalue weighted by Crippen LogP contribution is 2.63. The molecule has 5 atom stereocenters. The van der Waals surface area contributed by atoms with Gasteiger partial charge in [0.05, 0.1) is 11.9 Å². The Kier molecular flexibility index (Phi) is 6.09. The molecule has 0 aromatic rings. The van der Waals surface area contributed by atoms with Gasteiger partial charge < -0.3 is 14.2 Å². The van der Waals surface area contributed by atoms with Gasteiger partial charge >= 0.3 is 11.9 Å². The van der Waals surface area contributed by atoms with Crippen LogP contribution in [0.2, 0.25) is 0 Å². The second-order valence-electron chi connectivity index (χ2n) is 10.3. The largest absolute Gasteiger partial charge is 0.432 e. The van der Waals surface area contributed by atoms with Gasteiger partial charge in [0.25, 0.3) is 0 Å². The Labute approximate surface area is 184 Å². The molecule has 2 saturated carbocycles. The third-order valence-corrected chi connectivity index (χ3v) is 7.49. The smallest absolute Gasteiger partial charge is 0.335 e. The van der Waals surface area contributed by atoms with Gasteiger partial charge in [0.2, 0.25) is 0 Å². The molecule has 1 heterocycles. The zero-order chi connectivity index (χ0) is 23.2. The van der Waals surface area contributed by atoms with Gasteiger partial charge in [0.1, 0.15) is 5.76 Å². The van der Waals surface area contributed by atoms with E-state index in [2.05, 4.69) is 6.92 Å². The van der Waals surface area contributed by atoms with Gasteiger partial charge in [-0.05, 0) is 77.4 Å². The Bertz CT molecular complexity index is 874. The SMILES string of the molecule is COC(C)(C)[C@H]1CC[C@@]2(C)C[C@@H]1C(=O)[C@@]1(C=C(C)OC1=O)[C@@H]2/C=C/OC(=O)C=C(C)C. The minimum absolute atomic E-state index is 0.0116. The Balaban J connectivity index is 2.03. The van der Waals surface area contributed by atoms with E-state index in [4.69, 9.17) is 14.2 Å². The molecule has 0 aromatic carbocycles. The summed E-state index contributed by atoms with van der Waals surface area (Å²) in [5, 5.41) is 0. The van der Waals surface area contributed by atoms with Crippen LogP contribution in [0.5, 0.6) is 0 Å². The van der Waals surface area contributed by atoms with Crippen LogP contribution in [0.3, 0.4) is 0 Å². The first-order valence-electron chi connectivity index (χ1n) is 10.9. The van der Waals surface area contributed by atoms with Crippen molar-refractivity contribution < 1.29 is 28.6 Å².